The minimum Gasteiger partial charge on any atom is -0.496 e. The van der Waals surface area contributed by atoms with Gasteiger partial charge in [-0.15, -0.1) is 0 Å². The van der Waals surface area contributed by atoms with Crippen molar-refractivity contribution in [3.63, 3.8) is 0 Å². The zero-order valence-corrected chi connectivity index (χ0v) is 21.0. The minimum absolute atomic E-state index is 0.0588. The van der Waals surface area contributed by atoms with Crippen LogP contribution in [-0.4, -0.2) is 43.1 Å². The highest BCUT2D eigenvalue weighted by Crippen LogP contribution is 2.37. The first-order chi connectivity index (χ1) is 17.6. The van der Waals surface area contributed by atoms with Crippen LogP contribution in [0.1, 0.15) is 40.1 Å². The molecular formula is C29H31N3O4. The van der Waals surface area contributed by atoms with Gasteiger partial charge in [-0.2, -0.15) is 0 Å². The predicted octanol–water partition coefficient (Wildman–Crippen LogP) is 5.60. The van der Waals surface area contributed by atoms with Gasteiger partial charge in [-0.05, 0) is 62.2 Å². The standard InChI is InChI=1S/C29H31N3O4/c1-20-8-10-21(11-9-20)29(33)32(19-23-7-6-16-36-23)18-22-17-24-25(34-2)12-13-26(35-3)27(24)30-28(22)31-14-4-5-15-31/h6-13,16-17H,4-5,14-15,18-19H2,1-3H3. The maximum atomic E-state index is 13.7. The lowest BCUT2D eigenvalue weighted by molar-refractivity contribution is 0.0718. The van der Waals surface area contributed by atoms with Crippen molar-refractivity contribution in [1.82, 2.24) is 9.88 Å². The van der Waals surface area contributed by atoms with Crippen molar-refractivity contribution in [3.05, 3.63) is 83.3 Å². The van der Waals surface area contributed by atoms with Crippen LogP contribution >= 0.6 is 0 Å². The summed E-state index contributed by atoms with van der Waals surface area (Å²) in [4.78, 5) is 22.9. The Kier molecular flexibility index (Phi) is 6.80. The number of carbonyl (C=O) groups is 1. The summed E-state index contributed by atoms with van der Waals surface area (Å²) in [6, 6.07) is 17.3. The number of hydrogen-bond acceptors (Lipinski definition) is 6. The predicted molar refractivity (Wildman–Crippen MR) is 140 cm³/mol. The average Bonchev–Trinajstić information content (AvgIpc) is 3.62. The lowest BCUT2D eigenvalue weighted by Crippen LogP contribution is -2.31. The van der Waals surface area contributed by atoms with Gasteiger partial charge in [0.05, 0.1) is 33.6 Å². The van der Waals surface area contributed by atoms with E-state index in [1.54, 1.807) is 20.5 Å². The molecule has 0 atom stereocenters. The van der Waals surface area contributed by atoms with Crippen LogP contribution in [0.3, 0.4) is 0 Å². The number of carbonyl (C=O) groups excluding carboxylic acids is 1. The number of ether oxygens (including phenoxy) is 2. The van der Waals surface area contributed by atoms with Gasteiger partial charge >= 0.3 is 0 Å². The van der Waals surface area contributed by atoms with E-state index in [4.69, 9.17) is 18.9 Å². The van der Waals surface area contributed by atoms with Gasteiger partial charge in [-0.3, -0.25) is 4.79 Å². The minimum atomic E-state index is -0.0588. The number of fused-ring (bicyclic) bond motifs is 1. The summed E-state index contributed by atoms with van der Waals surface area (Å²) in [5.41, 5.74) is 3.47. The molecule has 1 aliphatic heterocycles. The maximum Gasteiger partial charge on any atom is 0.254 e. The zero-order valence-electron chi connectivity index (χ0n) is 21.0. The normalized spacial score (nSPS) is 13.2. The lowest BCUT2D eigenvalue weighted by Gasteiger charge is -2.27. The highest BCUT2D eigenvalue weighted by atomic mass is 16.5. The Labute approximate surface area is 211 Å². The molecule has 5 rings (SSSR count). The number of furan rings is 1. The van der Waals surface area contributed by atoms with E-state index in [1.807, 2.05) is 60.4 Å². The van der Waals surface area contributed by atoms with Crippen molar-refractivity contribution in [2.75, 3.05) is 32.2 Å². The molecule has 0 spiro atoms. The van der Waals surface area contributed by atoms with Gasteiger partial charge in [0, 0.05) is 29.6 Å². The molecule has 1 fully saturated rings. The van der Waals surface area contributed by atoms with Gasteiger partial charge in [0.15, 0.2) is 0 Å². The molecule has 36 heavy (non-hydrogen) atoms. The van der Waals surface area contributed by atoms with Gasteiger partial charge in [0.2, 0.25) is 0 Å². The smallest absolute Gasteiger partial charge is 0.254 e. The summed E-state index contributed by atoms with van der Waals surface area (Å²) in [5.74, 6) is 2.96. The van der Waals surface area contributed by atoms with Gasteiger partial charge < -0.3 is 23.7 Å². The number of aryl methyl sites for hydroxylation is 1. The van der Waals surface area contributed by atoms with Crippen LogP contribution in [0.4, 0.5) is 5.82 Å². The molecule has 1 saturated heterocycles. The van der Waals surface area contributed by atoms with Crippen LogP contribution in [0.2, 0.25) is 0 Å². The topological polar surface area (TPSA) is 68.0 Å². The lowest BCUT2D eigenvalue weighted by atomic mass is 10.1. The Morgan fingerprint density at radius 2 is 1.72 bits per heavy atom. The molecule has 186 valence electrons. The average molecular weight is 486 g/mol. The Morgan fingerprint density at radius 3 is 2.39 bits per heavy atom. The number of nitrogens with zero attached hydrogens (tertiary/aromatic N) is 3. The number of hydrogen-bond donors (Lipinski definition) is 0. The van der Waals surface area contributed by atoms with Gasteiger partial charge in [-0.1, -0.05) is 17.7 Å². The molecule has 0 N–H and O–H groups in total. The Bertz CT molecular complexity index is 1340. The highest BCUT2D eigenvalue weighted by molar-refractivity contribution is 5.95. The quantitative estimate of drug-likeness (QED) is 0.324. The molecular weight excluding hydrogens is 454 g/mol. The number of rotatable bonds is 8. The van der Waals surface area contributed by atoms with Gasteiger partial charge in [-0.25, -0.2) is 4.98 Å². The van der Waals surface area contributed by atoms with Crippen molar-refractivity contribution >= 4 is 22.6 Å². The molecule has 2 aromatic heterocycles. The first-order valence-electron chi connectivity index (χ1n) is 12.2. The van der Waals surface area contributed by atoms with Crippen molar-refractivity contribution < 1.29 is 18.7 Å². The number of benzene rings is 2. The summed E-state index contributed by atoms with van der Waals surface area (Å²) < 4.78 is 16.9. The second kappa shape index (κ2) is 10.3. The fourth-order valence-electron chi connectivity index (χ4n) is 4.78. The summed E-state index contributed by atoms with van der Waals surface area (Å²) in [6.07, 6.45) is 3.87. The van der Waals surface area contributed by atoms with Crippen molar-refractivity contribution in [1.29, 1.82) is 0 Å². The first kappa shape index (κ1) is 23.7. The monoisotopic (exact) mass is 485 g/mol. The largest absolute Gasteiger partial charge is 0.496 e. The fourth-order valence-corrected chi connectivity index (χ4v) is 4.78. The summed E-state index contributed by atoms with van der Waals surface area (Å²) >= 11 is 0. The fraction of sp³-hybridized carbons (Fsp3) is 0.310. The van der Waals surface area contributed by atoms with E-state index in [9.17, 15) is 4.79 Å². The number of methoxy groups -OCH3 is 2. The van der Waals surface area contributed by atoms with E-state index in [-0.39, 0.29) is 5.91 Å². The number of pyridine rings is 1. The van der Waals surface area contributed by atoms with Crippen LogP contribution < -0.4 is 14.4 Å². The van der Waals surface area contributed by atoms with Crippen LogP contribution in [0, 0.1) is 6.92 Å². The number of anilines is 1. The third-order valence-corrected chi connectivity index (χ3v) is 6.68. The van der Waals surface area contributed by atoms with Crippen LogP contribution in [0.5, 0.6) is 11.5 Å². The Hall–Kier alpha value is -4.00. The van der Waals surface area contributed by atoms with Crippen molar-refractivity contribution in [2.24, 2.45) is 0 Å². The molecule has 2 aromatic carbocycles. The molecule has 7 nitrogen and oxygen atoms in total. The second-order valence-corrected chi connectivity index (χ2v) is 9.14. The van der Waals surface area contributed by atoms with E-state index in [0.29, 0.717) is 24.4 Å². The molecule has 0 radical (unpaired) electrons. The third-order valence-electron chi connectivity index (χ3n) is 6.68. The van der Waals surface area contributed by atoms with Crippen LogP contribution in [0.25, 0.3) is 10.9 Å². The second-order valence-electron chi connectivity index (χ2n) is 9.14. The molecule has 1 amide bonds. The van der Waals surface area contributed by atoms with E-state index >= 15 is 0 Å². The van der Waals surface area contributed by atoms with Gasteiger partial charge in [0.1, 0.15) is 28.6 Å². The Balaban J connectivity index is 1.61. The molecule has 4 aromatic rings. The molecule has 0 bridgehead atoms. The van der Waals surface area contributed by atoms with Crippen molar-refractivity contribution in [2.45, 2.75) is 32.9 Å². The first-order valence-corrected chi connectivity index (χ1v) is 12.2. The summed E-state index contributed by atoms with van der Waals surface area (Å²) in [5, 5.41) is 0.857. The van der Waals surface area contributed by atoms with Gasteiger partial charge in [0.25, 0.3) is 5.91 Å². The van der Waals surface area contributed by atoms with E-state index in [0.717, 1.165) is 65.3 Å². The Morgan fingerprint density at radius 1 is 1.00 bits per heavy atom. The zero-order chi connectivity index (χ0) is 25.1. The third kappa shape index (κ3) is 4.73. The van der Waals surface area contributed by atoms with Crippen LogP contribution in [-0.2, 0) is 13.1 Å². The summed E-state index contributed by atoms with van der Waals surface area (Å²) in [6.45, 7) is 4.61. The van der Waals surface area contributed by atoms with Crippen LogP contribution in [0.15, 0.2) is 65.3 Å². The molecule has 0 saturated carbocycles. The number of aromatic nitrogens is 1. The van der Waals surface area contributed by atoms with E-state index < -0.39 is 0 Å². The SMILES string of the molecule is COc1ccc(OC)c2nc(N3CCCC3)c(CN(Cc3ccco3)C(=O)c3ccc(C)cc3)cc12. The summed E-state index contributed by atoms with van der Waals surface area (Å²) in [7, 11) is 3.30. The molecule has 0 unspecified atom stereocenters. The maximum absolute atomic E-state index is 13.7. The molecule has 7 heteroatoms. The molecule has 3 heterocycles. The van der Waals surface area contributed by atoms with E-state index in [2.05, 4.69) is 11.0 Å². The van der Waals surface area contributed by atoms with Crippen molar-refractivity contribution in [3.8, 4) is 11.5 Å². The molecule has 0 aliphatic carbocycles. The van der Waals surface area contributed by atoms with E-state index in [1.165, 1.54) is 0 Å². The highest BCUT2D eigenvalue weighted by Gasteiger charge is 2.25. The molecule has 1 aliphatic rings. The number of amides is 1.